The highest BCUT2D eigenvalue weighted by Crippen LogP contribution is 2.44. The number of anilines is 1. The van der Waals surface area contributed by atoms with E-state index in [0.29, 0.717) is 5.11 Å². The first-order valence-corrected chi connectivity index (χ1v) is 14.5. The number of hydrogen-bond donors (Lipinski definition) is 1. The van der Waals surface area contributed by atoms with Crippen molar-refractivity contribution in [3.05, 3.63) is 130 Å². The van der Waals surface area contributed by atoms with Gasteiger partial charge in [-0.1, -0.05) is 22.0 Å². The van der Waals surface area contributed by atoms with Crippen LogP contribution in [0.15, 0.2) is 108 Å². The third kappa shape index (κ3) is 5.33. The smallest absolute Gasteiger partial charge is 0.174 e. The topological polar surface area (TPSA) is 51.6 Å². The van der Waals surface area contributed by atoms with Crippen molar-refractivity contribution in [1.82, 2.24) is 14.9 Å². The Labute approximate surface area is 253 Å². The summed E-state index contributed by atoms with van der Waals surface area (Å²) in [6, 6.07) is 32.0. The molecular formula is C33H29BrN4O2S. The predicted octanol–water partition coefficient (Wildman–Crippen LogP) is 8.23. The molecule has 0 bridgehead atoms. The lowest BCUT2D eigenvalue weighted by Gasteiger charge is -2.28. The summed E-state index contributed by atoms with van der Waals surface area (Å²) in [7, 11) is 1.65. The van der Waals surface area contributed by atoms with Gasteiger partial charge < -0.3 is 24.3 Å². The van der Waals surface area contributed by atoms with Crippen molar-refractivity contribution in [2.24, 2.45) is 0 Å². The molecule has 5 aromatic rings. The fourth-order valence-corrected chi connectivity index (χ4v) is 6.09. The number of aryl methyl sites for hydroxylation is 1. The van der Waals surface area contributed by atoms with E-state index in [4.69, 9.17) is 26.7 Å². The number of rotatable bonds is 7. The van der Waals surface area contributed by atoms with Gasteiger partial charge in [-0.05, 0) is 123 Å². The van der Waals surface area contributed by atoms with Crippen molar-refractivity contribution in [1.29, 1.82) is 0 Å². The summed E-state index contributed by atoms with van der Waals surface area (Å²) in [5.74, 6) is 2.27. The Hall–Kier alpha value is -4.14. The molecule has 2 unspecified atom stereocenters. The first-order chi connectivity index (χ1) is 19.9. The number of ether oxygens (including phenoxy) is 2. The second-order valence-corrected chi connectivity index (χ2v) is 11.2. The minimum Gasteiger partial charge on any atom is -0.497 e. The zero-order chi connectivity index (χ0) is 28.5. The summed E-state index contributed by atoms with van der Waals surface area (Å²) >= 11 is 9.52. The predicted molar refractivity (Wildman–Crippen MR) is 170 cm³/mol. The fraction of sp³-hybridized carbons (Fsp3) is 0.152. The van der Waals surface area contributed by atoms with Gasteiger partial charge in [-0.2, -0.15) is 0 Å². The molecule has 2 aromatic heterocycles. The maximum atomic E-state index is 6.08. The van der Waals surface area contributed by atoms with Crippen molar-refractivity contribution >= 4 is 38.9 Å². The summed E-state index contributed by atoms with van der Waals surface area (Å²) < 4.78 is 14.7. The van der Waals surface area contributed by atoms with Crippen LogP contribution in [-0.4, -0.2) is 21.8 Å². The molecule has 8 heteroatoms. The van der Waals surface area contributed by atoms with Gasteiger partial charge in [-0.15, -0.1) is 0 Å². The molecule has 0 spiro atoms. The summed E-state index contributed by atoms with van der Waals surface area (Å²) in [5, 5.41) is 4.23. The molecule has 1 aliphatic heterocycles. The van der Waals surface area contributed by atoms with Gasteiger partial charge >= 0.3 is 0 Å². The monoisotopic (exact) mass is 624 g/mol. The van der Waals surface area contributed by atoms with Crippen molar-refractivity contribution < 1.29 is 9.47 Å². The van der Waals surface area contributed by atoms with Crippen molar-refractivity contribution in [3.8, 4) is 22.9 Å². The molecule has 2 atom stereocenters. The van der Waals surface area contributed by atoms with Gasteiger partial charge in [0.05, 0.1) is 24.9 Å². The number of halogens is 1. The molecule has 3 aromatic carbocycles. The summed E-state index contributed by atoms with van der Waals surface area (Å²) in [5.41, 5.74) is 6.53. The SMILES string of the molecule is COc1ccc(Oc2ccc(N3C(=S)NC(c4ccccn4)C3c3cc(C)n(-c4ccc(Br)cc4)c3C)cc2)cc1. The number of hydrogen-bond acceptors (Lipinski definition) is 4. The van der Waals surface area contributed by atoms with Crippen molar-refractivity contribution in [2.45, 2.75) is 25.9 Å². The van der Waals surface area contributed by atoms with Gasteiger partial charge in [-0.3, -0.25) is 4.98 Å². The van der Waals surface area contributed by atoms with Crippen LogP contribution in [0.5, 0.6) is 17.2 Å². The van der Waals surface area contributed by atoms with E-state index < -0.39 is 0 Å². The number of methoxy groups -OCH3 is 1. The lowest BCUT2D eigenvalue weighted by Crippen LogP contribution is -2.29. The molecule has 0 aliphatic carbocycles. The molecule has 1 N–H and O–H groups in total. The van der Waals surface area contributed by atoms with Gasteiger partial charge in [0.1, 0.15) is 17.2 Å². The van der Waals surface area contributed by atoms with E-state index in [1.54, 1.807) is 7.11 Å². The van der Waals surface area contributed by atoms with Crippen LogP contribution in [0.3, 0.4) is 0 Å². The van der Waals surface area contributed by atoms with Gasteiger partial charge in [0, 0.05) is 33.4 Å². The highest BCUT2D eigenvalue weighted by atomic mass is 79.9. The second-order valence-electron chi connectivity index (χ2n) is 9.91. The summed E-state index contributed by atoms with van der Waals surface area (Å²) in [4.78, 5) is 6.90. The Bertz CT molecular complexity index is 1670. The van der Waals surface area contributed by atoms with Crippen LogP contribution in [0, 0.1) is 13.8 Å². The molecule has 1 fully saturated rings. The van der Waals surface area contributed by atoms with Crippen LogP contribution in [0.1, 0.15) is 34.7 Å². The van der Waals surface area contributed by atoms with E-state index in [9.17, 15) is 0 Å². The van der Waals surface area contributed by atoms with E-state index in [2.05, 4.69) is 93.1 Å². The van der Waals surface area contributed by atoms with Crippen LogP contribution in [-0.2, 0) is 0 Å². The lowest BCUT2D eigenvalue weighted by atomic mass is 9.96. The van der Waals surface area contributed by atoms with Crippen LogP contribution < -0.4 is 19.7 Å². The Kier molecular flexibility index (Phi) is 7.51. The first kappa shape index (κ1) is 27.1. The molecule has 1 saturated heterocycles. The highest BCUT2D eigenvalue weighted by molar-refractivity contribution is 9.10. The molecule has 3 heterocycles. The van der Waals surface area contributed by atoms with Crippen molar-refractivity contribution in [2.75, 3.05) is 12.0 Å². The average Bonchev–Trinajstić information content (AvgIpc) is 3.49. The molecule has 206 valence electrons. The first-order valence-electron chi connectivity index (χ1n) is 13.3. The number of aromatic nitrogens is 2. The maximum absolute atomic E-state index is 6.08. The molecule has 1 aliphatic rings. The molecule has 6 nitrogen and oxygen atoms in total. The Morgan fingerprint density at radius 2 is 1.46 bits per heavy atom. The van der Waals surface area contributed by atoms with Gasteiger partial charge in [0.25, 0.3) is 0 Å². The molecular weight excluding hydrogens is 596 g/mol. The third-order valence-corrected chi connectivity index (χ3v) is 8.23. The van der Waals surface area contributed by atoms with Gasteiger partial charge in [0.2, 0.25) is 0 Å². The van der Waals surface area contributed by atoms with Crippen molar-refractivity contribution in [3.63, 3.8) is 0 Å². The molecule has 0 radical (unpaired) electrons. The minimum atomic E-state index is -0.127. The van der Waals surface area contributed by atoms with Gasteiger partial charge in [-0.25, -0.2) is 0 Å². The summed E-state index contributed by atoms with van der Waals surface area (Å²) in [6.45, 7) is 4.32. The number of thiocarbonyl (C=S) groups is 1. The molecule has 0 saturated carbocycles. The van der Waals surface area contributed by atoms with Crippen LogP contribution in [0.25, 0.3) is 5.69 Å². The lowest BCUT2D eigenvalue weighted by molar-refractivity contribution is 0.413. The fourth-order valence-electron chi connectivity index (χ4n) is 5.48. The zero-order valence-corrected chi connectivity index (χ0v) is 25.3. The molecule has 0 amide bonds. The second kappa shape index (κ2) is 11.4. The number of pyridine rings is 1. The number of nitrogens with zero attached hydrogens (tertiary/aromatic N) is 3. The average molecular weight is 626 g/mol. The number of benzene rings is 3. The zero-order valence-electron chi connectivity index (χ0n) is 22.9. The van der Waals surface area contributed by atoms with E-state index in [1.165, 1.54) is 5.56 Å². The van der Waals surface area contributed by atoms with Crippen LogP contribution in [0.2, 0.25) is 0 Å². The van der Waals surface area contributed by atoms with Crippen LogP contribution in [0.4, 0.5) is 5.69 Å². The normalized spacial score (nSPS) is 16.5. The number of nitrogens with one attached hydrogen (secondary N) is 1. The van der Waals surface area contributed by atoms with E-state index in [0.717, 1.165) is 50.2 Å². The quantitative estimate of drug-likeness (QED) is 0.184. The van der Waals surface area contributed by atoms with E-state index in [1.807, 2.05) is 54.7 Å². The Balaban J connectivity index is 1.38. The summed E-state index contributed by atoms with van der Waals surface area (Å²) in [6.07, 6.45) is 1.83. The minimum absolute atomic E-state index is 0.110. The standard InChI is InChI=1S/C33H29BrN4O2S/c1-21-20-29(22(2)37(21)24-9-7-23(34)8-10-24)32-31(30-6-4-5-19-35-30)36-33(41)38(32)25-11-13-27(14-12-25)40-28-17-15-26(39-3)16-18-28/h4-20,31-32H,1-3H3,(H,36,41). The van der Waals surface area contributed by atoms with Gasteiger partial charge in [0.15, 0.2) is 5.11 Å². The Morgan fingerprint density at radius 1 is 0.829 bits per heavy atom. The third-order valence-electron chi connectivity index (χ3n) is 7.38. The van der Waals surface area contributed by atoms with E-state index in [-0.39, 0.29) is 12.1 Å². The van der Waals surface area contributed by atoms with E-state index >= 15 is 0 Å². The molecule has 41 heavy (non-hydrogen) atoms. The highest BCUT2D eigenvalue weighted by Gasteiger charge is 2.42. The van der Waals surface area contributed by atoms with Crippen LogP contribution >= 0.6 is 28.1 Å². The largest absolute Gasteiger partial charge is 0.497 e. The Morgan fingerprint density at radius 3 is 2.10 bits per heavy atom. The molecule has 6 rings (SSSR count). The maximum Gasteiger partial charge on any atom is 0.174 e.